The van der Waals surface area contributed by atoms with Crippen LogP contribution in [0.4, 0.5) is 18.9 Å². The Hall–Kier alpha value is -1.89. The fraction of sp³-hybridized carbons (Fsp3) is 0.619. The number of carbonyl (C=O) groups is 1. The van der Waals surface area contributed by atoms with Gasteiger partial charge >= 0.3 is 6.18 Å². The summed E-state index contributed by atoms with van der Waals surface area (Å²) in [5, 5.41) is 3.11. The van der Waals surface area contributed by atoms with Crippen molar-refractivity contribution in [1.82, 2.24) is 10.2 Å². The molecule has 2 aliphatic heterocycles. The number of nitrogens with one attached hydrogen (secondary N) is 1. The molecule has 0 unspecified atom stereocenters. The molecule has 152 valence electrons. The van der Waals surface area contributed by atoms with Gasteiger partial charge in [-0.2, -0.15) is 13.2 Å². The maximum absolute atomic E-state index is 13.3. The van der Waals surface area contributed by atoms with Crippen LogP contribution in [0.25, 0.3) is 0 Å². The number of alkyl halides is 3. The van der Waals surface area contributed by atoms with Crippen molar-refractivity contribution in [2.45, 2.75) is 57.7 Å². The summed E-state index contributed by atoms with van der Waals surface area (Å²) in [6.45, 7) is 5.76. The molecule has 2 fully saturated rings. The van der Waals surface area contributed by atoms with Crippen molar-refractivity contribution < 1.29 is 18.0 Å². The van der Waals surface area contributed by atoms with Gasteiger partial charge in [0.05, 0.1) is 17.8 Å². The van der Waals surface area contributed by atoms with Gasteiger partial charge in [0, 0.05) is 30.8 Å². The van der Waals surface area contributed by atoms with E-state index in [0.29, 0.717) is 36.4 Å². The number of nitrogens with zero attached hydrogens (tertiary/aromatic N) is 2. The Kier molecular flexibility index (Phi) is 4.76. The van der Waals surface area contributed by atoms with Crippen LogP contribution in [-0.4, -0.2) is 41.7 Å². The summed E-state index contributed by atoms with van der Waals surface area (Å²) in [5.74, 6) is 0.423. The quantitative estimate of drug-likeness (QED) is 0.821. The number of carbonyl (C=O) groups excluding carboxylic acids is 1. The Balaban J connectivity index is 1.30. The number of aryl methyl sites for hydroxylation is 1. The summed E-state index contributed by atoms with van der Waals surface area (Å²) in [4.78, 5) is 18.6. The van der Waals surface area contributed by atoms with Crippen LogP contribution in [0.2, 0.25) is 0 Å². The first-order valence-corrected chi connectivity index (χ1v) is 9.92. The normalized spacial score (nSPS) is 21.5. The van der Waals surface area contributed by atoms with Crippen LogP contribution in [0.3, 0.4) is 0 Å². The van der Waals surface area contributed by atoms with Crippen molar-refractivity contribution in [3.8, 4) is 0 Å². The highest BCUT2D eigenvalue weighted by molar-refractivity contribution is 5.95. The minimum atomic E-state index is -4.38. The molecule has 0 aromatic heterocycles. The molecule has 4 rings (SSSR count). The summed E-state index contributed by atoms with van der Waals surface area (Å²) >= 11 is 0. The summed E-state index contributed by atoms with van der Waals surface area (Å²) < 4.78 is 39.9. The first-order chi connectivity index (χ1) is 13.1. The standard InChI is InChI=1S/C21H26F3N3O/c1-13-6-15-9-16(25-19(15)17(7-13)21(22,23)24)8-14-10-27(11-14)12-18(28)26-20(2)4-3-5-20/h6-7,14H,3-5,8-12H2,1-2H3,(H,26,28). The molecule has 1 N–H and O–H groups in total. The van der Waals surface area contributed by atoms with Crippen molar-refractivity contribution in [1.29, 1.82) is 0 Å². The lowest BCUT2D eigenvalue weighted by Gasteiger charge is -2.42. The Morgan fingerprint density at radius 1 is 1.32 bits per heavy atom. The van der Waals surface area contributed by atoms with Gasteiger partial charge in [0.1, 0.15) is 0 Å². The van der Waals surface area contributed by atoms with Crippen LogP contribution in [0.5, 0.6) is 0 Å². The molecule has 0 spiro atoms. The topological polar surface area (TPSA) is 44.7 Å². The molecule has 1 aromatic carbocycles. The van der Waals surface area contributed by atoms with E-state index >= 15 is 0 Å². The number of hydrogen-bond acceptors (Lipinski definition) is 3. The van der Waals surface area contributed by atoms with Gasteiger partial charge in [0.2, 0.25) is 5.91 Å². The number of likely N-dealkylation sites (tertiary alicyclic amines) is 1. The van der Waals surface area contributed by atoms with E-state index in [1.54, 1.807) is 13.0 Å². The minimum Gasteiger partial charge on any atom is -0.350 e. The van der Waals surface area contributed by atoms with E-state index in [2.05, 4.69) is 22.1 Å². The molecule has 4 nitrogen and oxygen atoms in total. The van der Waals surface area contributed by atoms with E-state index in [0.717, 1.165) is 31.6 Å². The molecule has 1 saturated carbocycles. The Bertz CT molecular complexity index is 821. The predicted octanol–water partition coefficient (Wildman–Crippen LogP) is 4.02. The van der Waals surface area contributed by atoms with Gasteiger partial charge < -0.3 is 5.32 Å². The summed E-state index contributed by atoms with van der Waals surface area (Å²) in [7, 11) is 0. The zero-order valence-corrected chi connectivity index (χ0v) is 16.3. The van der Waals surface area contributed by atoms with E-state index in [4.69, 9.17) is 0 Å². The average Bonchev–Trinajstić information content (AvgIpc) is 2.91. The van der Waals surface area contributed by atoms with Crippen molar-refractivity contribution in [3.05, 3.63) is 28.8 Å². The summed E-state index contributed by atoms with van der Waals surface area (Å²) in [6, 6.07) is 2.98. The van der Waals surface area contributed by atoms with Gasteiger partial charge in [-0.1, -0.05) is 11.6 Å². The molecular formula is C21H26F3N3O. The number of aliphatic imine (C=N–C) groups is 1. The maximum atomic E-state index is 13.3. The average molecular weight is 393 g/mol. The molecule has 28 heavy (non-hydrogen) atoms. The van der Waals surface area contributed by atoms with E-state index in [-0.39, 0.29) is 17.1 Å². The van der Waals surface area contributed by atoms with E-state index < -0.39 is 11.7 Å². The van der Waals surface area contributed by atoms with Gasteiger partial charge in [0.25, 0.3) is 0 Å². The molecule has 7 heteroatoms. The molecular weight excluding hydrogens is 367 g/mol. The van der Waals surface area contributed by atoms with Crippen LogP contribution >= 0.6 is 0 Å². The predicted molar refractivity (Wildman–Crippen MR) is 102 cm³/mol. The number of amides is 1. The molecule has 1 aliphatic carbocycles. The number of halogens is 3. The summed E-state index contributed by atoms with van der Waals surface area (Å²) in [6.07, 6.45) is 0.0635. The van der Waals surface area contributed by atoms with Gasteiger partial charge in [-0.05, 0) is 57.1 Å². The number of hydrogen-bond donors (Lipinski definition) is 1. The number of benzene rings is 1. The molecule has 3 aliphatic rings. The second-order valence-corrected chi connectivity index (χ2v) is 8.90. The second kappa shape index (κ2) is 6.87. The Morgan fingerprint density at radius 3 is 2.64 bits per heavy atom. The molecule has 1 amide bonds. The Morgan fingerprint density at radius 2 is 2.04 bits per heavy atom. The van der Waals surface area contributed by atoms with Crippen molar-refractivity contribution >= 4 is 17.3 Å². The Labute approximate surface area is 163 Å². The SMILES string of the molecule is Cc1cc2c(c(C(F)(F)F)c1)N=C(CC1CN(CC(=O)NC3(C)CCC3)C1)C2. The van der Waals surface area contributed by atoms with Gasteiger partial charge in [-0.15, -0.1) is 0 Å². The lowest BCUT2D eigenvalue weighted by Crippen LogP contribution is -2.56. The highest BCUT2D eigenvalue weighted by Crippen LogP contribution is 2.42. The van der Waals surface area contributed by atoms with Gasteiger partial charge in [-0.3, -0.25) is 14.7 Å². The third kappa shape index (κ3) is 3.95. The first-order valence-electron chi connectivity index (χ1n) is 9.92. The first kappa shape index (κ1) is 19.4. The molecule has 0 bridgehead atoms. The van der Waals surface area contributed by atoms with Crippen LogP contribution in [-0.2, 0) is 17.4 Å². The van der Waals surface area contributed by atoms with E-state index in [1.807, 2.05) is 0 Å². The lowest BCUT2D eigenvalue weighted by atomic mass is 9.78. The second-order valence-electron chi connectivity index (χ2n) is 8.90. The summed E-state index contributed by atoms with van der Waals surface area (Å²) in [5.41, 5.74) is 1.55. The third-order valence-electron chi connectivity index (χ3n) is 6.13. The van der Waals surface area contributed by atoms with E-state index in [1.165, 1.54) is 12.5 Å². The van der Waals surface area contributed by atoms with Gasteiger partial charge in [-0.25, -0.2) is 0 Å². The maximum Gasteiger partial charge on any atom is 0.418 e. The van der Waals surface area contributed by atoms with Crippen molar-refractivity contribution in [3.63, 3.8) is 0 Å². The zero-order chi connectivity index (χ0) is 20.1. The number of rotatable bonds is 5. The number of fused-ring (bicyclic) bond motifs is 1. The lowest BCUT2D eigenvalue weighted by molar-refractivity contribution is -0.137. The fourth-order valence-corrected chi connectivity index (χ4v) is 4.55. The van der Waals surface area contributed by atoms with Crippen LogP contribution in [0.15, 0.2) is 17.1 Å². The molecule has 1 saturated heterocycles. The smallest absolute Gasteiger partial charge is 0.350 e. The fourth-order valence-electron chi connectivity index (χ4n) is 4.55. The third-order valence-corrected chi connectivity index (χ3v) is 6.13. The highest BCUT2D eigenvalue weighted by atomic mass is 19.4. The van der Waals surface area contributed by atoms with Crippen molar-refractivity contribution in [2.24, 2.45) is 10.9 Å². The highest BCUT2D eigenvalue weighted by Gasteiger charge is 2.38. The molecule has 0 atom stereocenters. The van der Waals surface area contributed by atoms with Crippen LogP contribution in [0.1, 0.15) is 49.3 Å². The van der Waals surface area contributed by atoms with Crippen molar-refractivity contribution in [2.75, 3.05) is 19.6 Å². The zero-order valence-electron chi connectivity index (χ0n) is 16.3. The molecule has 1 aromatic rings. The molecule has 0 radical (unpaired) electrons. The van der Waals surface area contributed by atoms with Crippen LogP contribution < -0.4 is 5.32 Å². The molecule has 2 heterocycles. The van der Waals surface area contributed by atoms with Crippen LogP contribution in [0, 0.1) is 12.8 Å². The van der Waals surface area contributed by atoms with Gasteiger partial charge in [0.15, 0.2) is 0 Å². The monoisotopic (exact) mass is 393 g/mol. The minimum absolute atomic E-state index is 0.0277. The van der Waals surface area contributed by atoms with E-state index in [9.17, 15) is 18.0 Å². The largest absolute Gasteiger partial charge is 0.418 e.